The molecule has 0 aliphatic heterocycles. The maximum absolute atomic E-state index is 11.9. The van der Waals surface area contributed by atoms with Gasteiger partial charge in [0.25, 0.3) is 0 Å². The predicted octanol–water partition coefficient (Wildman–Crippen LogP) is 2.84. The molecule has 6 nitrogen and oxygen atoms in total. The Labute approximate surface area is 180 Å². The number of hydrogen-bond donors (Lipinski definition) is 1. The molecule has 2 rings (SSSR count). The third-order valence-corrected chi connectivity index (χ3v) is 5.40. The molecule has 2 heterocycles. The van der Waals surface area contributed by atoms with E-state index in [0.29, 0.717) is 6.54 Å². The van der Waals surface area contributed by atoms with E-state index in [0.717, 1.165) is 23.9 Å². The van der Waals surface area contributed by atoms with E-state index in [9.17, 15) is 4.79 Å². The van der Waals surface area contributed by atoms with E-state index in [-0.39, 0.29) is 36.4 Å². The largest absolute Gasteiger partial charge is 0.351 e. The van der Waals surface area contributed by atoms with Crippen LogP contribution in [0.15, 0.2) is 28.7 Å². The third-order valence-electron chi connectivity index (χ3n) is 3.56. The summed E-state index contributed by atoms with van der Waals surface area (Å²) in [4.78, 5) is 26.8. The molecular formula is C17H26IN5OS2. The normalized spacial score (nSPS) is 11.0. The Bertz CT molecular complexity index is 700. The molecule has 2 aromatic heterocycles. The number of guanidine groups is 1. The van der Waals surface area contributed by atoms with E-state index in [1.54, 1.807) is 41.7 Å². The minimum Gasteiger partial charge on any atom is -0.351 e. The number of rotatable bonds is 7. The monoisotopic (exact) mass is 507 g/mol. The zero-order valence-electron chi connectivity index (χ0n) is 15.6. The SMILES string of the molecule is Cc1cnc(CCN(C)C(=NCC(=O)N(C)C)NCc2cccs2)s1.I. The van der Waals surface area contributed by atoms with Gasteiger partial charge >= 0.3 is 0 Å². The second-order valence-corrected chi connectivity index (χ2v) is 8.25. The van der Waals surface area contributed by atoms with Crippen molar-refractivity contribution in [2.75, 3.05) is 34.2 Å². The lowest BCUT2D eigenvalue weighted by Gasteiger charge is -2.22. The minimum atomic E-state index is -0.0145. The van der Waals surface area contributed by atoms with Crippen LogP contribution in [0.25, 0.3) is 0 Å². The van der Waals surface area contributed by atoms with Gasteiger partial charge in [0.1, 0.15) is 6.54 Å². The zero-order chi connectivity index (χ0) is 18.2. The molecule has 1 amide bonds. The van der Waals surface area contributed by atoms with Crippen molar-refractivity contribution in [3.05, 3.63) is 38.5 Å². The number of nitrogens with one attached hydrogen (secondary N) is 1. The van der Waals surface area contributed by atoms with Crippen molar-refractivity contribution in [3.8, 4) is 0 Å². The van der Waals surface area contributed by atoms with Crippen molar-refractivity contribution in [1.29, 1.82) is 0 Å². The first kappa shape index (κ1) is 22.8. The van der Waals surface area contributed by atoms with Crippen LogP contribution < -0.4 is 5.32 Å². The van der Waals surface area contributed by atoms with Gasteiger partial charge in [0, 0.05) is 50.1 Å². The van der Waals surface area contributed by atoms with Crippen LogP contribution in [0.2, 0.25) is 0 Å². The van der Waals surface area contributed by atoms with Gasteiger partial charge in [0.2, 0.25) is 5.91 Å². The Kier molecular flexibility index (Phi) is 10.1. The lowest BCUT2D eigenvalue weighted by atomic mass is 10.4. The predicted molar refractivity (Wildman–Crippen MR) is 121 cm³/mol. The van der Waals surface area contributed by atoms with E-state index >= 15 is 0 Å². The molecule has 0 fully saturated rings. The maximum Gasteiger partial charge on any atom is 0.243 e. The van der Waals surface area contributed by atoms with Gasteiger partial charge in [0.15, 0.2) is 5.96 Å². The Hall–Kier alpha value is -1.20. The first-order valence-electron chi connectivity index (χ1n) is 8.09. The van der Waals surface area contributed by atoms with E-state index < -0.39 is 0 Å². The summed E-state index contributed by atoms with van der Waals surface area (Å²) < 4.78 is 0. The van der Waals surface area contributed by atoms with E-state index in [2.05, 4.69) is 33.7 Å². The standard InChI is InChI=1S/C17H25N5OS2.HI/c1-13-10-18-15(25-13)7-8-22(4)17(20-12-16(23)21(2)3)19-11-14-6-5-9-24-14;/h5-6,9-10H,7-8,11-12H2,1-4H3,(H,19,20);1H. The fraction of sp³-hybridized carbons (Fsp3) is 0.471. The number of likely N-dealkylation sites (N-methyl/N-ethyl adjacent to an activating group) is 2. The first-order chi connectivity index (χ1) is 12.0. The summed E-state index contributed by atoms with van der Waals surface area (Å²) in [6.45, 7) is 3.69. The quantitative estimate of drug-likeness (QED) is 0.356. The van der Waals surface area contributed by atoms with Crippen LogP contribution in [0.4, 0.5) is 0 Å². The van der Waals surface area contributed by atoms with Crippen molar-refractivity contribution in [2.45, 2.75) is 19.9 Å². The molecule has 0 saturated carbocycles. The fourth-order valence-corrected chi connectivity index (χ4v) is 3.48. The molecule has 0 aromatic carbocycles. The summed E-state index contributed by atoms with van der Waals surface area (Å²) in [5.41, 5.74) is 0. The minimum absolute atomic E-state index is 0. The Balaban J connectivity index is 0.00000338. The molecule has 0 aliphatic rings. The summed E-state index contributed by atoms with van der Waals surface area (Å²) in [6.07, 6.45) is 2.76. The van der Waals surface area contributed by atoms with Crippen molar-refractivity contribution in [1.82, 2.24) is 20.1 Å². The first-order valence-corrected chi connectivity index (χ1v) is 9.78. The lowest BCUT2D eigenvalue weighted by Crippen LogP contribution is -2.40. The van der Waals surface area contributed by atoms with Gasteiger partial charge < -0.3 is 15.1 Å². The van der Waals surface area contributed by atoms with Gasteiger partial charge in [-0.15, -0.1) is 46.7 Å². The zero-order valence-corrected chi connectivity index (χ0v) is 19.5. The number of aromatic nitrogens is 1. The lowest BCUT2D eigenvalue weighted by molar-refractivity contribution is -0.127. The summed E-state index contributed by atoms with van der Waals surface area (Å²) in [5.74, 6) is 0.719. The number of hydrogen-bond acceptors (Lipinski definition) is 5. The average molecular weight is 507 g/mol. The van der Waals surface area contributed by atoms with E-state index in [1.807, 2.05) is 24.2 Å². The van der Waals surface area contributed by atoms with E-state index in [4.69, 9.17) is 0 Å². The topological polar surface area (TPSA) is 60.8 Å². The Morgan fingerprint density at radius 3 is 2.69 bits per heavy atom. The van der Waals surface area contributed by atoms with Crippen molar-refractivity contribution in [2.24, 2.45) is 4.99 Å². The number of thiophene rings is 1. The van der Waals surface area contributed by atoms with Gasteiger partial charge in [0.05, 0.1) is 11.6 Å². The number of aryl methyl sites for hydroxylation is 1. The van der Waals surface area contributed by atoms with Crippen molar-refractivity contribution < 1.29 is 4.79 Å². The number of thiazole rings is 1. The molecule has 144 valence electrons. The molecule has 2 aromatic rings. The number of aliphatic imine (C=N–C) groups is 1. The molecule has 0 bridgehead atoms. The number of halogens is 1. The van der Waals surface area contributed by atoms with Gasteiger partial charge in [-0.25, -0.2) is 9.98 Å². The summed E-state index contributed by atoms with van der Waals surface area (Å²) in [6, 6.07) is 4.11. The van der Waals surface area contributed by atoms with Gasteiger partial charge in [-0.05, 0) is 18.4 Å². The molecule has 1 N–H and O–H groups in total. The fourth-order valence-electron chi connectivity index (χ4n) is 2.06. The van der Waals surface area contributed by atoms with E-state index in [1.165, 1.54) is 9.75 Å². The van der Waals surface area contributed by atoms with Crippen molar-refractivity contribution >= 4 is 58.5 Å². The Morgan fingerprint density at radius 2 is 2.12 bits per heavy atom. The number of carbonyl (C=O) groups excluding carboxylic acids is 1. The van der Waals surface area contributed by atoms with Crippen LogP contribution in [0.1, 0.15) is 14.8 Å². The summed E-state index contributed by atoms with van der Waals surface area (Å²) in [5, 5.41) is 6.53. The molecule has 0 spiro atoms. The highest BCUT2D eigenvalue weighted by Gasteiger charge is 2.10. The molecule has 0 saturated heterocycles. The highest BCUT2D eigenvalue weighted by molar-refractivity contribution is 14.0. The summed E-state index contributed by atoms with van der Waals surface area (Å²) >= 11 is 3.42. The second-order valence-electron chi connectivity index (χ2n) is 5.90. The molecule has 0 radical (unpaired) electrons. The highest BCUT2D eigenvalue weighted by Crippen LogP contribution is 2.12. The van der Waals surface area contributed by atoms with Crippen LogP contribution in [0, 0.1) is 6.92 Å². The highest BCUT2D eigenvalue weighted by atomic mass is 127. The summed E-state index contributed by atoms with van der Waals surface area (Å²) in [7, 11) is 5.47. The molecular weight excluding hydrogens is 481 g/mol. The number of carbonyl (C=O) groups is 1. The van der Waals surface area contributed by atoms with Crippen LogP contribution in [-0.2, 0) is 17.8 Å². The molecule has 9 heteroatoms. The van der Waals surface area contributed by atoms with Gasteiger partial charge in [-0.1, -0.05) is 6.07 Å². The second kappa shape index (κ2) is 11.5. The molecule has 0 atom stereocenters. The Morgan fingerprint density at radius 1 is 1.35 bits per heavy atom. The maximum atomic E-state index is 11.9. The number of nitrogens with zero attached hydrogens (tertiary/aromatic N) is 4. The molecule has 26 heavy (non-hydrogen) atoms. The molecule has 0 unspecified atom stereocenters. The molecule has 0 aliphatic carbocycles. The van der Waals surface area contributed by atoms with Crippen LogP contribution in [0.5, 0.6) is 0 Å². The van der Waals surface area contributed by atoms with Gasteiger partial charge in [-0.3, -0.25) is 4.79 Å². The van der Waals surface area contributed by atoms with Crippen LogP contribution >= 0.6 is 46.7 Å². The number of amides is 1. The van der Waals surface area contributed by atoms with Crippen LogP contribution in [-0.4, -0.2) is 60.9 Å². The van der Waals surface area contributed by atoms with Crippen molar-refractivity contribution in [3.63, 3.8) is 0 Å². The van der Waals surface area contributed by atoms with Gasteiger partial charge in [-0.2, -0.15) is 0 Å². The third kappa shape index (κ3) is 7.58. The van der Waals surface area contributed by atoms with Crippen LogP contribution in [0.3, 0.4) is 0 Å². The smallest absolute Gasteiger partial charge is 0.243 e. The average Bonchev–Trinajstić information content (AvgIpc) is 3.23.